The molecule has 0 radical (unpaired) electrons. The molecule has 0 aliphatic heterocycles. The third-order valence-electron chi connectivity index (χ3n) is 3.30. The number of benzene rings is 1. The molecule has 0 atom stereocenters. The lowest BCUT2D eigenvalue weighted by Crippen LogP contribution is -1.94. The molecule has 2 heterocycles. The van der Waals surface area contributed by atoms with Crippen LogP contribution in [0.3, 0.4) is 0 Å². The van der Waals surface area contributed by atoms with Crippen molar-refractivity contribution >= 4 is 10.9 Å². The van der Waals surface area contributed by atoms with Crippen LogP contribution in [0.4, 0.5) is 0 Å². The Morgan fingerprint density at radius 1 is 1.19 bits per heavy atom. The van der Waals surface area contributed by atoms with Gasteiger partial charge in [-0.05, 0) is 25.1 Å². The largest absolute Gasteiger partial charge is 0.496 e. The topological polar surface area (TPSA) is 77.3 Å². The molecule has 6 nitrogen and oxygen atoms in total. The van der Waals surface area contributed by atoms with E-state index in [9.17, 15) is 4.79 Å². The number of aromatic nitrogens is 2. The fraction of sp³-hybridized carbons (Fsp3) is 0.200. The summed E-state index contributed by atoms with van der Waals surface area (Å²) in [6, 6.07) is 5.48. The average Bonchev–Trinajstić information content (AvgIpc) is 2.84. The van der Waals surface area contributed by atoms with E-state index in [-0.39, 0.29) is 0 Å². The maximum absolute atomic E-state index is 11.3. The smallest absolute Gasteiger partial charge is 0.417 e. The van der Waals surface area contributed by atoms with Gasteiger partial charge in [-0.1, -0.05) is 0 Å². The Kier molecular flexibility index (Phi) is 3.13. The van der Waals surface area contributed by atoms with Crippen LogP contribution in [0.2, 0.25) is 0 Å². The Hall–Kier alpha value is -2.76. The number of pyridine rings is 1. The minimum atomic E-state index is -0.486. The summed E-state index contributed by atoms with van der Waals surface area (Å²) in [5, 5.41) is 0.789. The number of hydrogen-bond donors (Lipinski definition) is 1. The summed E-state index contributed by atoms with van der Waals surface area (Å²) in [5.74, 6) is 1.32. The van der Waals surface area contributed by atoms with Crippen molar-refractivity contribution in [2.75, 3.05) is 14.2 Å². The third kappa shape index (κ3) is 2.14. The lowest BCUT2D eigenvalue weighted by Gasteiger charge is -2.09. The van der Waals surface area contributed by atoms with Crippen molar-refractivity contribution in [3.05, 3.63) is 40.6 Å². The molecule has 1 N–H and O–H groups in total. The minimum absolute atomic E-state index is 0.472. The highest BCUT2D eigenvalue weighted by Crippen LogP contribution is 2.34. The van der Waals surface area contributed by atoms with Crippen molar-refractivity contribution in [2.45, 2.75) is 6.92 Å². The van der Waals surface area contributed by atoms with E-state index in [0.717, 1.165) is 5.39 Å². The van der Waals surface area contributed by atoms with Crippen LogP contribution in [0.15, 0.2) is 33.6 Å². The molecule has 3 rings (SSSR count). The molecule has 0 saturated heterocycles. The SMILES string of the molecule is COc1ccc(OC)c2ncc(-c3oc(=O)[nH]c3C)cc12. The van der Waals surface area contributed by atoms with Gasteiger partial charge in [-0.3, -0.25) is 9.97 Å². The number of fused-ring (bicyclic) bond motifs is 1. The molecule has 0 bridgehead atoms. The number of ether oxygens (including phenoxy) is 2. The van der Waals surface area contributed by atoms with Gasteiger partial charge in [-0.2, -0.15) is 0 Å². The number of hydrogen-bond acceptors (Lipinski definition) is 5. The Balaban J connectivity index is 2.28. The van der Waals surface area contributed by atoms with Gasteiger partial charge < -0.3 is 13.9 Å². The van der Waals surface area contributed by atoms with Crippen LogP contribution in [0, 0.1) is 6.92 Å². The second kappa shape index (κ2) is 4.97. The van der Waals surface area contributed by atoms with Crippen molar-refractivity contribution in [3.8, 4) is 22.8 Å². The summed E-state index contributed by atoms with van der Waals surface area (Å²) in [6.07, 6.45) is 1.64. The first-order valence-electron chi connectivity index (χ1n) is 6.35. The first kappa shape index (κ1) is 13.2. The summed E-state index contributed by atoms with van der Waals surface area (Å²) in [5.41, 5.74) is 2.05. The molecule has 0 aliphatic carbocycles. The second-order valence-corrected chi connectivity index (χ2v) is 4.56. The van der Waals surface area contributed by atoms with Gasteiger partial charge in [-0.25, -0.2) is 4.79 Å². The van der Waals surface area contributed by atoms with E-state index in [0.29, 0.717) is 34.0 Å². The normalized spacial score (nSPS) is 10.8. The van der Waals surface area contributed by atoms with Gasteiger partial charge in [0.15, 0.2) is 5.76 Å². The van der Waals surface area contributed by atoms with Gasteiger partial charge in [0, 0.05) is 17.1 Å². The maximum atomic E-state index is 11.3. The summed E-state index contributed by atoms with van der Waals surface area (Å²) in [7, 11) is 3.18. The Morgan fingerprint density at radius 2 is 1.90 bits per heavy atom. The maximum Gasteiger partial charge on any atom is 0.417 e. The number of oxazole rings is 1. The zero-order valence-electron chi connectivity index (χ0n) is 11.9. The van der Waals surface area contributed by atoms with E-state index in [1.165, 1.54) is 0 Å². The molecule has 0 fully saturated rings. The van der Waals surface area contributed by atoms with E-state index in [1.807, 2.05) is 12.1 Å². The standard InChI is InChI=1S/C15H14N2O4/c1-8-14(21-15(18)17-8)9-6-10-11(19-2)4-5-12(20-3)13(10)16-7-9/h4-7H,1-3H3,(H,17,18). The molecule has 0 spiro atoms. The number of aryl methyl sites for hydroxylation is 1. The van der Waals surface area contributed by atoms with Crippen LogP contribution in [-0.4, -0.2) is 24.2 Å². The molecule has 21 heavy (non-hydrogen) atoms. The van der Waals surface area contributed by atoms with Gasteiger partial charge in [-0.15, -0.1) is 0 Å². The Labute approximate surface area is 120 Å². The highest BCUT2D eigenvalue weighted by atomic mass is 16.5. The second-order valence-electron chi connectivity index (χ2n) is 4.56. The molecule has 0 unspecified atom stereocenters. The van der Waals surface area contributed by atoms with Crippen LogP contribution in [0.5, 0.6) is 11.5 Å². The van der Waals surface area contributed by atoms with Gasteiger partial charge >= 0.3 is 5.76 Å². The highest BCUT2D eigenvalue weighted by molar-refractivity contribution is 5.92. The Morgan fingerprint density at radius 3 is 2.52 bits per heavy atom. The molecule has 3 aromatic rings. The average molecular weight is 286 g/mol. The lowest BCUT2D eigenvalue weighted by molar-refractivity contribution is 0.410. The molecular weight excluding hydrogens is 272 g/mol. The van der Waals surface area contributed by atoms with E-state index in [2.05, 4.69) is 9.97 Å². The fourth-order valence-corrected chi connectivity index (χ4v) is 2.32. The van der Waals surface area contributed by atoms with Crippen LogP contribution in [0.25, 0.3) is 22.2 Å². The van der Waals surface area contributed by atoms with Crippen molar-refractivity contribution in [2.24, 2.45) is 0 Å². The number of rotatable bonds is 3. The lowest BCUT2D eigenvalue weighted by atomic mass is 10.1. The molecule has 0 saturated carbocycles. The summed E-state index contributed by atoms with van der Waals surface area (Å²) >= 11 is 0. The van der Waals surface area contributed by atoms with Crippen LogP contribution in [0.1, 0.15) is 5.69 Å². The van der Waals surface area contributed by atoms with Crippen LogP contribution >= 0.6 is 0 Å². The number of nitrogens with one attached hydrogen (secondary N) is 1. The molecular formula is C15H14N2O4. The monoisotopic (exact) mass is 286 g/mol. The molecule has 6 heteroatoms. The van der Waals surface area contributed by atoms with E-state index in [4.69, 9.17) is 13.9 Å². The number of nitrogens with zero attached hydrogens (tertiary/aromatic N) is 1. The third-order valence-corrected chi connectivity index (χ3v) is 3.30. The predicted molar refractivity (Wildman–Crippen MR) is 77.9 cm³/mol. The summed E-state index contributed by atoms with van der Waals surface area (Å²) in [4.78, 5) is 18.3. The van der Waals surface area contributed by atoms with Crippen molar-refractivity contribution in [1.29, 1.82) is 0 Å². The molecule has 1 aromatic carbocycles. The molecule has 108 valence electrons. The van der Waals surface area contributed by atoms with Gasteiger partial charge in [0.2, 0.25) is 0 Å². The number of aromatic amines is 1. The molecule has 2 aromatic heterocycles. The predicted octanol–water partition coefficient (Wildman–Crippen LogP) is 2.51. The van der Waals surface area contributed by atoms with E-state index in [1.54, 1.807) is 33.4 Å². The molecule has 0 aliphatic rings. The van der Waals surface area contributed by atoms with Crippen LogP contribution < -0.4 is 15.2 Å². The molecule has 0 amide bonds. The Bertz CT molecular complexity index is 864. The summed E-state index contributed by atoms with van der Waals surface area (Å²) in [6.45, 7) is 1.77. The van der Waals surface area contributed by atoms with Crippen molar-refractivity contribution in [1.82, 2.24) is 9.97 Å². The highest BCUT2D eigenvalue weighted by Gasteiger charge is 2.14. The zero-order valence-corrected chi connectivity index (χ0v) is 11.9. The number of H-pyrrole nitrogens is 1. The first-order valence-corrected chi connectivity index (χ1v) is 6.35. The zero-order chi connectivity index (χ0) is 15.0. The van der Waals surface area contributed by atoms with Gasteiger partial charge in [0.05, 0.1) is 19.9 Å². The number of methoxy groups -OCH3 is 2. The van der Waals surface area contributed by atoms with Gasteiger partial charge in [0.1, 0.15) is 17.0 Å². The summed E-state index contributed by atoms with van der Waals surface area (Å²) < 4.78 is 15.8. The fourth-order valence-electron chi connectivity index (χ4n) is 2.32. The quantitative estimate of drug-likeness (QED) is 0.800. The van der Waals surface area contributed by atoms with Crippen LogP contribution in [-0.2, 0) is 0 Å². The van der Waals surface area contributed by atoms with E-state index < -0.39 is 5.76 Å². The first-order chi connectivity index (χ1) is 10.1. The minimum Gasteiger partial charge on any atom is -0.496 e. The van der Waals surface area contributed by atoms with Gasteiger partial charge in [0.25, 0.3) is 0 Å². The van der Waals surface area contributed by atoms with Crippen molar-refractivity contribution < 1.29 is 13.9 Å². The van der Waals surface area contributed by atoms with Crippen molar-refractivity contribution in [3.63, 3.8) is 0 Å². The van der Waals surface area contributed by atoms with E-state index >= 15 is 0 Å².